The normalized spacial score (nSPS) is 19.4. The monoisotopic (exact) mass is 670 g/mol. The standard InChI is InChI=1S/C32H38Cl4N2O3S/c1-4-7-8-14-37-29(21(5-2)23-17-25(33)27(35)19-31(23)37)12-11-13-30-22(6-3)24-18-26(34)28(36)20-32(24)38(30)15-9-10-16-42(39,40)41/h11-13,17-22H,4-10,14-16H2,1-3H3. The number of nitrogens with zero attached hydrogens (tertiary/aromatic N) is 2. The van der Waals surface area contributed by atoms with E-state index in [9.17, 15) is 13.0 Å². The van der Waals surface area contributed by atoms with E-state index in [1.54, 1.807) is 0 Å². The largest absolute Gasteiger partial charge is 0.748 e. The highest BCUT2D eigenvalue weighted by atomic mass is 35.5. The Bertz CT molecular complexity index is 1520. The lowest BCUT2D eigenvalue weighted by atomic mass is 9.92. The van der Waals surface area contributed by atoms with E-state index >= 15 is 0 Å². The molecule has 5 nitrogen and oxygen atoms in total. The minimum Gasteiger partial charge on any atom is -0.748 e. The number of benzene rings is 2. The molecule has 2 aliphatic rings. The van der Waals surface area contributed by atoms with Crippen molar-refractivity contribution in [3.8, 4) is 0 Å². The van der Waals surface area contributed by atoms with Crippen molar-refractivity contribution in [1.82, 2.24) is 0 Å². The number of anilines is 1. The minimum absolute atomic E-state index is 0.105. The topological polar surface area (TPSA) is 63.5 Å². The molecule has 0 saturated heterocycles. The summed E-state index contributed by atoms with van der Waals surface area (Å²) in [5.74, 6) is -0.0602. The maximum absolute atomic E-state index is 11.2. The number of hydrogen-bond donors (Lipinski definition) is 0. The van der Waals surface area contributed by atoms with Crippen molar-refractivity contribution in [3.63, 3.8) is 0 Å². The van der Waals surface area contributed by atoms with Crippen LogP contribution in [0.5, 0.6) is 0 Å². The molecule has 0 saturated carbocycles. The molecule has 0 aliphatic carbocycles. The SMILES string of the molecule is CCCCC[N+]1=C(C=CC=C2C(CC)c3cc(Cl)c(Cl)cc3N2CCCCS(=O)(=O)[O-])C(CC)c2cc(Cl)c(Cl)cc21. The number of rotatable bonds is 13. The Morgan fingerprint density at radius 1 is 0.857 bits per heavy atom. The van der Waals surface area contributed by atoms with Crippen molar-refractivity contribution in [2.24, 2.45) is 0 Å². The number of allylic oxidation sites excluding steroid dienone is 4. The van der Waals surface area contributed by atoms with Crippen molar-refractivity contribution in [3.05, 3.63) is 79.4 Å². The van der Waals surface area contributed by atoms with E-state index in [0.717, 1.165) is 61.3 Å². The van der Waals surface area contributed by atoms with Gasteiger partial charge in [-0.05, 0) is 61.9 Å². The van der Waals surface area contributed by atoms with Gasteiger partial charge in [0, 0.05) is 53.7 Å². The smallest absolute Gasteiger partial charge is 0.211 e. The summed E-state index contributed by atoms with van der Waals surface area (Å²) in [4.78, 5) is 2.19. The van der Waals surface area contributed by atoms with Gasteiger partial charge >= 0.3 is 0 Å². The first-order chi connectivity index (χ1) is 20.0. The van der Waals surface area contributed by atoms with Gasteiger partial charge < -0.3 is 9.45 Å². The molecule has 10 heteroatoms. The summed E-state index contributed by atoms with van der Waals surface area (Å²) < 4.78 is 35.9. The van der Waals surface area contributed by atoms with E-state index in [4.69, 9.17) is 46.4 Å². The molecule has 4 rings (SSSR count). The molecule has 2 aromatic rings. The van der Waals surface area contributed by atoms with Crippen LogP contribution in [-0.2, 0) is 10.1 Å². The van der Waals surface area contributed by atoms with E-state index in [0.29, 0.717) is 39.5 Å². The van der Waals surface area contributed by atoms with Crippen LogP contribution in [0.2, 0.25) is 20.1 Å². The molecule has 0 aromatic heterocycles. The summed E-state index contributed by atoms with van der Waals surface area (Å²) in [5, 5.41) is 2.11. The third-order valence-electron chi connectivity index (χ3n) is 8.17. The second-order valence-electron chi connectivity index (χ2n) is 10.9. The van der Waals surface area contributed by atoms with Crippen molar-refractivity contribution >= 4 is 73.6 Å². The number of hydrogen-bond acceptors (Lipinski definition) is 4. The highest BCUT2D eigenvalue weighted by Gasteiger charge is 2.38. The lowest BCUT2D eigenvalue weighted by Crippen LogP contribution is -2.22. The maximum Gasteiger partial charge on any atom is 0.211 e. The Balaban J connectivity index is 1.72. The molecular weight excluding hydrogens is 634 g/mol. The Kier molecular flexibility index (Phi) is 11.5. The van der Waals surface area contributed by atoms with Crippen LogP contribution in [0.3, 0.4) is 0 Å². The van der Waals surface area contributed by atoms with E-state index in [1.165, 1.54) is 11.3 Å². The predicted molar refractivity (Wildman–Crippen MR) is 177 cm³/mol. The molecule has 0 radical (unpaired) electrons. The van der Waals surface area contributed by atoms with Gasteiger partial charge in [-0.25, -0.2) is 8.42 Å². The van der Waals surface area contributed by atoms with E-state index in [1.807, 2.05) is 24.3 Å². The van der Waals surface area contributed by atoms with Crippen LogP contribution in [0.25, 0.3) is 0 Å². The van der Waals surface area contributed by atoms with Crippen molar-refractivity contribution in [2.45, 2.75) is 77.6 Å². The Labute approximate surface area is 270 Å². The second kappa shape index (κ2) is 14.5. The fraction of sp³-hybridized carbons (Fsp3) is 0.469. The number of fused-ring (bicyclic) bond motifs is 2. The Morgan fingerprint density at radius 2 is 1.50 bits per heavy atom. The molecular formula is C32H38Cl4N2O3S. The van der Waals surface area contributed by atoms with Gasteiger partial charge in [0.05, 0.1) is 36.1 Å². The van der Waals surface area contributed by atoms with Crippen molar-refractivity contribution in [1.29, 1.82) is 0 Å². The zero-order valence-electron chi connectivity index (χ0n) is 24.3. The zero-order chi connectivity index (χ0) is 30.6. The highest BCUT2D eigenvalue weighted by molar-refractivity contribution is 7.85. The molecule has 42 heavy (non-hydrogen) atoms. The lowest BCUT2D eigenvalue weighted by Gasteiger charge is -2.23. The van der Waals surface area contributed by atoms with Gasteiger partial charge in [0.25, 0.3) is 0 Å². The van der Waals surface area contributed by atoms with Gasteiger partial charge in [0.15, 0.2) is 5.71 Å². The van der Waals surface area contributed by atoms with E-state index in [-0.39, 0.29) is 17.6 Å². The predicted octanol–water partition coefficient (Wildman–Crippen LogP) is 9.86. The molecule has 0 amide bonds. The summed E-state index contributed by atoms with van der Waals surface area (Å²) in [7, 11) is -4.25. The molecule has 0 spiro atoms. The quantitative estimate of drug-likeness (QED) is 0.121. The molecule has 2 atom stereocenters. The van der Waals surface area contributed by atoms with Crippen LogP contribution in [0, 0.1) is 0 Å². The Hall–Kier alpha value is -1.54. The summed E-state index contributed by atoms with van der Waals surface area (Å²) in [6, 6.07) is 7.82. The molecule has 0 bridgehead atoms. The first-order valence-electron chi connectivity index (χ1n) is 14.7. The maximum atomic E-state index is 11.2. The van der Waals surface area contributed by atoms with Crippen molar-refractivity contribution < 1.29 is 17.5 Å². The molecule has 2 aromatic carbocycles. The molecule has 0 fully saturated rings. The van der Waals surface area contributed by atoms with Crippen LogP contribution in [-0.4, -0.2) is 42.1 Å². The average molecular weight is 673 g/mol. The molecule has 2 aliphatic heterocycles. The molecule has 228 valence electrons. The van der Waals surface area contributed by atoms with Crippen molar-refractivity contribution in [2.75, 3.05) is 23.7 Å². The van der Waals surface area contributed by atoms with Crippen LogP contribution in [0.1, 0.15) is 88.7 Å². The fourth-order valence-electron chi connectivity index (χ4n) is 6.19. The average Bonchev–Trinajstić information content (AvgIpc) is 3.37. The van der Waals surface area contributed by atoms with E-state index in [2.05, 4.69) is 48.5 Å². The van der Waals surface area contributed by atoms with Gasteiger partial charge in [0.1, 0.15) is 6.54 Å². The third kappa shape index (κ3) is 7.39. The van der Waals surface area contributed by atoms with E-state index < -0.39 is 10.1 Å². The second-order valence-corrected chi connectivity index (χ2v) is 14.1. The summed E-state index contributed by atoms with van der Waals surface area (Å²) >= 11 is 25.8. The molecule has 2 heterocycles. The highest BCUT2D eigenvalue weighted by Crippen LogP contribution is 2.48. The van der Waals surface area contributed by atoms with Gasteiger partial charge in [-0.15, -0.1) is 0 Å². The van der Waals surface area contributed by atoms with Crippen LogP contribution < -0.4 is 4.90 Å². The zero-order valence-corrected chi connectivity index (χ0v) is 28.1. The van der Waals surface area contributed by atoms with Gasteiger partial charge in [-0.2, -0.15) is 4.58 Å². The third-order valence-corrected chi connectivity index (χ3v) is 10.4. The number of unbranched alkanes of at least 4 members (excludes halogenated alkanes) is 3. The van der Waals surface area contributed by atoms with Gasteiger partial charge in [-0.1, -0.05) is 79.7 Å². The lowest BCUT2D eigenvalue weighted by molar-refractivity contribution is -0.437. The van der Waals surface area contributed by atoms with Crippen LogP contribution in [0.15, 0.2) is 48.2 Å². The summed E-state index contributed by atoms with van der Waals surface area (Å²) in [6.07, 6.45) is 12.5. The number of halogens is 4. The fourth-order valence-corrected chi connectivity index (χ4v) is 7.40. The Morgan fingerprint density at radius 3 is 2.14 bits per heavy atom. The molecule has 2 unspecified atom stereocenters. The minimum atomic E-state index is -4.25. The van der Waals surface area contributed by atoms with Crippen LogP contribution in [0.4, 0.5) is 11.4 Å². The first kappa shape index (κ1) is 33.4. The van der Waals surface area contributed by atoms with Gasteiger partial charge in [-0.3, -0.25) is 0 Å². The van der Waals surface area contributed by atoms with Crippen LogP contribution >= 0.6 is 46.4 Å². The first-order valence-corrected chi connectivity index (χ1v) is 17.8. The van der Waals surface area contributed by atoms with Gasteiger partial charge in [0.2, 0.25) is 5.69 Å². The molecule has 0 N–H and O–H groups in total. The summed E-state index contributed by atoms with van der Waals surface area (Å²) in [5.41, 5.74) is 6.72. The summed E-state index contributed by atoms with van der Waals surface area (Å²) in [6.45, 7) is 8.00.